The smallest absolute Gasteiger partial charge is 0.429 e. The van der Waals surface area contributed by atoms with Gasteiger partial charge in [-0.2, -0.15) is 13.2 Å². The number of rotatable bonds is 7. The van der Waals surface area contributed by atoms with E-state index >= 15 is 0 Å². The van der Waals surface area contributed by atoms with Crippen LogP contribution < -0.4 is 0 Å². The van der Waals surface area contributed by atoms with Crippen LogP contribution in [0, 0.1) is 5.41 Å². The molecule has 0 fully saturated rings. The van der Waals surface area contributed by atoms with Crippen molar-refractivity contribution in [3.05, 3.63) is 88.8 Å². The second kappa shape index (κ2) is 9.61. The van der Waals surface area contributed by atoms with Gasteiger partial charge in [0.15, 0.2) is 0 Å². The molecule has 5 nitrogen and oxygen atoms in total. The fourth-order valence-corrected chi connectivity index (χ4v) is 2.75. The highest BCUT2D eigenvalue weighted by atomic mass is 35.5. The highest BCUT2D eigenvalue weighted by molar-refractivity contribution is 6.33. The SMILES string of the molecule is N=C(CC(=Nc1ccccc1Cl)c1ccc(C(=O)OCc2ccco2)cc1)C(F)(F)F. The van der Waals surface area contributed by atoms with Crippen LogP contribution in [0.15, 0.2) is 76.3 Å². The van der Waals surface area contributed by atoms with Gasteiger partial charge in [-0.15, -0.1) is 0 Å². The number of nitrogens with zero attached hydrogens (tertiary/aromatic N) is 1. The summed E-state index contributed by atoms with van der Waals surface area (Å²) in [7, 11) is 0. The maximum Gasteiger partial charge on any atom is 0.429 e. The van der Waals surface area contributed by atoms with Gasteiger partial charge in [-0.3, -0.25) is 4.99 Å². The molecule has 160 valence electrons. The summed E-state index contributed by atoms with van der Waals surface area (Å²) >= 11 is 6.07. The lowest BCUT2D eigenvalue weighted by atomic mass is 10.0. The van der Waals surface area contributed by atoms with Crippen LogP contribution >= 0.6 is 11.6 Å². The number of para-hydroxylation sites is 1. The Morgan fingerprint density at radius 3 is 2.32 bits per heavy atom. The fourth-order valence-electron chi connectivity index (χ4n) is 2.58. The predicted octanol–water partition coefficient (Wildman–Crippen LogP) is 6.38. The van der Waals surface area contributed by atoms with E-state index in [0.717, 1.165) is 0 Å². The summed E-state index contributed by atoms with van der Waals surface area (Å²) in [5.41, 5.74) is -0.656. The van der Waals surface area contributed by atoms with E-state index in [9.17, 15) is 18.0 Å². The Balaban J connectivity index is 1.84. The Kier molecular flexibility index (Phi) is 6.91. The molecule has 0 aliphatic carbocycles. The first kappa shape index (κ1) is 22.3. The van der Waals surface area contributed by atoms with Gasteiger partial charge in [-0.05, 0) is 42.0 Å². The minimum Gasteiger partial charge on any atom is -0.466 e. The standard InChI is InChI=1S/C22H16ClF3N2O3/c23-17-5-1-2-6-18(17)28-19(12-20(27)22(24,25)26)14-7-9-15(10-8-14)21(29)31-13-16-4-3-11-30-16/h1-11,27H,12-13H2. The minimum atomic E-state index is -4.78. The van der Waals surface area contributed by atoms with Crippen LogP contribution in [0.3, 0.4) is 0 Å². The Morgan fingerprint density at radius 2 is 1.71 bits per heavy atom. The lowest BCUT2D eigenvalue weighted by Gasteiger charge is -2.12. The highest BCUT2D eigenvalue weighted by Crippen LogP contribution is 2.27. The quantitative estimate of drug-likeness (QED) is 0.336. The average molecular weight is 449 g/mol. The zero-order chi connectivity index (χ0) is 22.4. The number of furan rings is 1. The molecule has 0 spiro atoms. The van der Waals surface area contributed by atoms with E-state index in [-0.39, 0.29) is 28.6 Å². The number of benzene rings is 2. The van der Waals surface area contributed by atoms with E-state index in [0.29, 0.717) is 11.3 Å². The van der Waals surface area contributed by atoms with Crippen molar-refractivity contribution < 1.29 is 27.1 Å². The molecular weight excluding hydrogens is 433 g/mol. The molecule has 0 atom stereocenters. The number of halogens is 4. The van der Waals surface area contributed by atoms with Crippen LogP contribution in [-0.2, 0) is 11.3 Å². The van der Waals surface area contributed by atoms with Gasteiger partial charge in [0.1, 0.15) is 18.1 Å². The largest absolute Gasteiger partial charge is 0.466 e. The molecule has 9 heteroatoms. The van der Waals surface area contributed by atoms with E-state index in [2.05, 4.69) is 4.99 Å². The Labute approximate surface area is 180 Å². The predicted molar refractivity (Wildman–Crippen MR) is 110 cm³/mol. The molecule has 2 aromatic carbocycles. The van der Waals surface area contributed by atoms with Crippen LogP contribution in [0.4, 0.5) is 18.9 Å². The van der Waals surface area contributed by atoms with Gasteiger partial charge < -0.3 is 14.6 Å². The molecule has 0 radical (unpaired) electrons. The van der Waals surface area contributed by atoms with Gasteiger partial charge in [-0.25, -0.2) is 4.79 Å². The molecular formula is C22H16ClF3N2O3. The zero-order valence-corrected chi connectivity index (χ0v) is 16.7. The maximum atomic E-state index is 12.9. The number of nitrogens with one attached hydrogen (secondary N) is 1. The number of aliphatic imine (C=N–C) groups is 1. The van der Waals surface area contributed by atoms with E-state index in [1.54, 1.807) is 36.4 Å². The lowest BCUT2D eigenvalue weighted by Crippen LogP contribution is -2.25. The van der Waals surface area contributed by atoms with E-state index in [1.165, 1.54) is 30.5 Å². The molecule has 1 N–H and O–H groups in total. The molecule has 3 rings (SSSR count). The summed E-state index contributed by atoms with van der Waals surface area (Å²) < 4.78 is 49.0. The summed E-state index contributed by atoms with van der Waals surface area (Å²) in [5.74, 6) is -0.139. The van der Waals surface area contributed by atoms with Crippen molar-refractivity contribution in [1.82, 2.24) is 0 Å². The topological polar surface area (TPSA) is 75.7 Å². The third-order valence-corrected chi connectivity index (χ3v) is 4.49. The molecule has 0 amide bonds. The Bertz CT molecular complexity index is 1090. The van der Waals surface area contributed by atoms with Crippen molar-refractivity contribution in [3.63, 3.8) is 0 Å². The molecule has 0 saturated heterocycles. The minimum absolute atomic E-state index is 0.00840. The maximum absolute atomic E-state index is 12.9. The van der Waals surface area contributed by atoms with Crippen molar-refractivity contribution >= 4 is 34.7 Å². The zero-order valence-electron chi connectivity index (χ0n) is 15.9. The van der Waals surface area contributed by atoms with Crippen LogP contribution in [0.2, 0.25) is 5.02 Å². The molecule has 31 heavy (non-hydrogen) atoms. The number of carbonyl (C=O) groups excluding carboxylic acids is 1. The van der Waals surface area contributed by atoms with Gasteiger partial charge in [0.25, 0.3) is 0 Å². The van der Waals surface area contributed by atoms with Crippen LogP contribution in [0.25, 0.3) is 0 Å². The number of hydrogen-bond acceptors (Lipinski definition) is 5. The van der Waals surface area contributed by atoms with Gasteiger partial charge in [0.2, 0.25) is 0 Å². The second-order valence-corrected chi connectivity index (χ2v) is 6.80. The van der Waals surface area contributed by atoms with Gasteiger partial charge in [0, 0.05) is 6.42 Å². The third kappa shape index (κ3) is 6.05. The number of esters is 1. The van der Waals surface area contributed by atoms with Crippen molar-refractivity contribution in [2.45, 2.75) is 19.2 Å². The first-order chi connectivity index (χ1) is 14.7. The second-order valence-electron chi connectivity index (χ2n) is 6.40. The van der Waals surface area contributed by atoms with Crippen LogP contribution in [0.1, 0.15) is 28.1 Å². The molecule has 0 aliphatic heterocycles. The summed E-state index contributed by atoms with van der Waals surface area (Å²) in [4.78, 5) is 16.4. The molecule has 3 aromatic rings. The Morgan fingerprint density at radius 1 is 1.03 bits per heavy atom. The van der Waals surface area contributed by atoms with E-state index in [4.69, 9.17) is 26.2 Å². The first-order valence-electron chi connectivity index (χ1n) is 9.00. The fraction of sp³-hybridized carbons (Fsp3) is 0.136. The third-order valence-electron chi connectivity index (χ3n) is 4.17. The number of ether oxygens (including phenoxy) is 1. The lowest BCUT2D eigenvalue weighted by molar-refractivity contribution is -0.0605. The number of carbonyl (C=O) groups is 1. The first-order valence-corrected chi connectivity index (χ1v) is 9.38. The average Bonchev–Trinajstić information content (AvgIpc) is 3.26. The molecule has 1 aromatic heterocycles. The van der Waals surface area contributed by atoms with Crippen molar-refractivity contribution in [2.75, 3.05) is 0 Å². The summed E-state index contributed by atoms with van der Waals surface area (Å²) in [6.45, 7) is -0.0461. The van der Waals surface area contributed by atoms with Gasteiger partial charge in [0.05, 0.1) is 28.2 Å². The molecule has 0 bridgehead atoms. The summed E-state index contributed by atoms with van der Waals surface area (Å²) in [6, 6.07) is 15.5. The summed E-state index contributed by atoms with van der Waals surface area (Å²) in [6.07, 6.45) is -4.08. The normalized spacial score (nSPS) is 11.9. The van der Waals surface area contributed by atoms with Crippen LogP contribution in [-0.4, -0.2) is 23.6 Å². The monoisotopic (exact) mass is 448 g/mol. The molecule has 0 aliphatic rings. The van der Waals surface area contributed by atoms with Gasteiger partial charge >= 0.3 is 12.1 Å². The van der Waals surface area contributed by atoms with Gasteiger partial charge in [-0.1, -0.05) is 35.9 Å². The molecule has 1 heterocycles. The van der Waals surface area contributed by atoms with E-state index < -0.39 is 24.3 Å². The van der Waals surface area contributed by atoms with Crippen LogP contribution in [0.5, 0.6) is 0 Å². The number of hydrogen-bond donors (Lipinski definition) is 1. The summed E-state index contributed by atoms with van der Waals surface area (Å²) in [5, 5.41) is 7.61. The van der Waals surface area contributed by atoms with E-state index in [1.807, 2.05) is 0 Å². The number of alkyl halides is 3. The highest BCUT2D eigenvalue weighted by Gasteiger charge is 2.35. The van der Waals surface area contributed by atoms with Crippen molar-refractivity contribution in [3.8, 4) is 0 Å². The Hall–Kier alpha value is -3.39. The molecule has 0 saturated carbocycles. The van der Waals surface area contributed by atoms with Crippen molar-refractivity contribution in [2.24, 2.45) is 4.99 Å². The van der Waals surface area contributed by atoms with Crippen molar-refractivity contribution in [1.29, 1.82) is 5.41 Å². The molecule has 0 unspecified atom stereocenters.